The van der Waals surface area contributed by atoms with Gasteiger partial charge in [0.1, 0.15) is 0 Å². The second-order valence-corrected chi connectivity index (χ2v) is 9.96. The molecular formula is C24H25ClN2O3S. The summed E-state index contributed by atoms with van der Waals surface area (Å²) in [6.07, 6.45) is 1.20. The zero-order valence-electron chi connectivity index (χ0n) is 17.7. The zero-order valence-corrected chi connectivity index (χ0v) is 19.3. The minimum absolute atomic E-state index is 0.189. The summed E-state index contributed by atoms with van der Waals surface area (Å²) in [5, 5.41) is 3.52. The molecule has 7 heteroatoms. The maximum atomic E-state index is 12.4. The molecule has 162 valence electrons. The topological polar surface area (TPSA) is 66.5 Å². The number of carbonyl (C=O) groups is 1. The summed E-state index contributed by atoms with van der Waals surface area (Å²) < 4.78 is 26.2. The lowest BCUT2D eigenvalue weighted by Crippen LogP contribution is -2.29. The summed E-state index contributed by atoms with van der Waals surface area (Å²) in [6, 6.07) is 19.9. The van der Waals surface area contributed by atoms with E-state index in [1.807, 2.05) is 44.2 Å². The Morgan fingerprint density at radius 1 is 0.903 bits per heavy atom. The number of sulfonamides is 1. The summed E-state index contributed by atoms with van der Waals surface area (Å²) in [5.41, 5.74) is 4.87. The van der Waals surface area contributed by atoms with Gasteiger partial charge in [-0.2, -0.15) is 0 Å². The van der Waals surface area contributed by atoms with E-state index in [0.717, 1.165) is 22.3 Å². The van der Waals surface area contributed by atoms with Crippen LogP contribution in [0.15, 0.2) is 66.7 Å². The fraction of sp³-hybridized carbons (Fsp3) is 0.208. The molecule has 0 saturated heterocycles. The highest BCUT2D eigenvalue weighted by Crippen LogP contribution is 2.23. The lowest BCUT2D eigenvalue weighted by molar-refractivity contribution is 0.0951. The Bertz CT molecular complexity index is 1150. The maximum absolute atomic E-state index is 12.4. The first-order valence-corrected chi connectivity index (χ1v) is 12.0. The van der Waals surface area contributed by atoms with Crippen LogP contribution < -0.4 is 9.62 Å². The molecule has 0 aliphatic heterocycles. The largest absolute Gasteiger partial charge is 0.348 e. The molecule has 3 rings (SSSR count). The van der Waals surface area contributed by atoms with Gasteiger partial charge in [-0.05, 0) is 72.5 Å². The van der Waals surface area contributed by atoms with E-state index in [1.165, 1.54) is 10.6 Å². The van der Waals surface area contributed by atoms with Crippen molar-refractivity contribution in [3.8, 4) is 0 Å². The summed E-state index contributed by atoms with van der Waals surface area (Å²) in [5.74, 6) is -0.198. The fourth-order valence-electron chi connectivity index (χ4n) is 3.31. The van der Waals surface area contributed by atoms with Crippen molar-refractivity contribution in [3.05, 3.63) is 99.6 Å². The molecule has 0 atom stereocenters. The summed E-state index contributed by atoms with van der Waals surface area (Å²) >= 11 is 5.88. The molecule has 3 aromatic carbocycles. The van der Waals surface area contributed by atoms with Gasteiger partial charge in [-0.15, -0.1) is 0 Å². The van der Waals surface area contributed by atoms with Gasteiger partial charge in [0.05, 0.1) is 18.5 Å². The van der Waals surface area contributed by atoms with E-state index >= 15 is 0 Å². The van der Waals surface area contributed by atoms with E-state index in [-0.39, 0.29) is 12.5 Å². The molecule has 0 fully saturated rings. The Balaban J connectivity index is 1.71. The standard InChI is InChI=1S/C24H25ClN2O3S/c1-17-12-18(2)14-23(13-17)27(31(3,29)30)16-20-4-8-21(9-5-20)24(28)26-15-19-6-10-22(25)11-7-19/h4-14H,15-16H2,1-3H3,(H,26,28). The highest BCUT2D eigenvalue weighted by molar-refractivity contribution is 7.92. The number of amides is 1. The van der Waals surface area contributed by atoms with Gasteiger partial charge < -0.3 is 5.32 Å². The van der Waals surface area contributed by atoms with Crippen molar-refractivity contribution in [3.63, 3.8) is 0 Å². The molecule has 0 unspecified atom stereocenters. The molecule has 1 amide bonds. The molecule has 0 aliphatic carbocycles. The number of anilines is 1. The van der Waals surface area contributed by atoms with Gasteiger partial charge in [0.15, 0.2) is 0 Å². The van der Waals surface area contributed by atoms with Gasteiger partial charge in [0.25, 0.3) is 5.91 Å². The second-order valence-electron chi connectivity index (χ2n) is 7.62. The number of hydrogen-bond donors (Lipinski definition) is 1. The molecule has 0 aromatic heterocycles. The Kier molecular flexibility index (Phi) is 7.03. The van der Waals surface area contributed by atoms with E-state index in [0.29, 0.717) is 22.8 Å². The van der Waals surface area contributed by atoms with Crippen LogP contribution in [0.1, 0.15) is 32.6 Å². The lowest BCUT2D eigenvalue weighted by atomic mass is 10.1. The molecule has 3 aromatic rings. The van der Waals surface area contributed by atoms with Crippen LogP contribution >= 0.6 is 11.6 Å². The summed E-state index contributed by atoms with van der Waals surface area (Å²) in [7, 11) is -3.47. The minimum Gasteiger partial charge on any atom is -0.348 e. The third-order valence-electron chi connectivity index (χ3n) is 4.80. The summed E-state index contributed by atoms with van der Waals surface area (Å²) in [6.45, 7) is 4.46. The number of rotatable bonds is 7. The van der Waals surface area contributed by atoms with Crippen molar-refractivity contribution >= 4 is 33.2 Å². The van der Waals surface area contributed by atoms with E-state index in [1.54, 1.807) is 36.4 Å². The monoisotopic (exact) mass is 456 g/mol. The van der Waals surface area contributed by atoms with Crippen LogP contribution in [0, 0.1) is 13.8 Å². The quantitative estimate of drug-likeness (QED) is 0.552. The molecule has 5 nitrogen and oxygen atoms in total. The number of aryl methyl sites for hydroxylation is 2. The molecule has 0 aliphatic rings. The van der Waals surface area contributed by atoms with E-state index in [9.17, 15) is 13.2 Å². The van der Waals surface area contributed by atoms with Crippen LogP contribution in [-0.4, -0.2) is 20.6 Å². The number of carbonyl (C=O) groups excluding carboxylic acids is 1. The van der Waals surface area contributed by atoms with Crippen molar-refractivity contribution in [1.82, 2.24) is 5.32 Å². The number of nitrogens with zero attached hydrogens (tertiary/aromatic N) is 1. The van der Waals surface area contributed by atoms with E-state index in [4.69, 9.17) is 11.6 Å². The second kappa shape index (κ2) is 9.54. The van der Waals surface area contributed by atoms with Crippen molar-refractivity contribution in [1.29, 1.82) is 0 Å². The van der Waals surface area contributed by atoms with Gasteiger partial charge >= 0.3 is 0 Å². The molecule has 0 spiro atoms. The molecular weight excluding hydrogens is 432 g/mol. The number of halogens is 1. The Morgan fingerprint density at radius 3 is 2.00 bits per heavy atom. The molecule has 0 radical (unpaired) electrons. The predicted molar refractivity (Wildman–Crippen MR) is 126 cm³/mol. The lowest BCUT2D eigenvalue weighted by Gasteiger charge is -2.23. The maximum Gasteiger partial charge on any atom is 0.251 e. The first-order valence-electron chi connectivity index (χ1n) is 9.79. The minimum atomic E-state index is -3.47. The normalized spacial score (nSPS) is 11.2. The Morgan fingerprint density at radius 2 is 1.45 bits per heavy atom. The van der Waals surface area contributed by atoms with Gasteiger partial charge in [-0.3, -0.25) is 9.10 Å². The molecule has 0 saturated carbocycles. The van der Waals surface area contributed by atoms with Gasteiger partial charge in [-0.1, -0.05) is 41.9 Å². The zero-order chi connectivity index (χ0) is 22.6. The molecule has 0 bridgehead atoms. The van der Waals surface area contributed by atoms with Crippen LogP contribution in [0.5, 0.6) is 0 Å². The Labute approximate surface area is 188 Å². The highest BCUT2D eigenvalue weighted by atomic mass is 35.5. The highest BCUT2D eigenvalue weighted by Gasteiger charge is 2.19. The first-order chi connectivity index (χ1) is 14.6. The van der Waals surface area contributed by atoms with Crippen LogP contribution in [0.25, 0.3) is 0 Å². The van der Waals surface area contributed by atoms with Crippen molar-refractivity contribution in [2.45, 2.75) is 26.9 Å². The number of hydrogen-bond acceptors (Lipinski definition) is 3. The smallest absolute Gasteiger partial charge is 0.251 e. The first kappa shape index (κ1) is 22.8. The predicted octanol–water partition coefficient (Wildman–Crippen LogP) is 4.85. The van der Waals surface area contributed by atoms with Crippen LogP contribution in [0.4, 0.5) is 5.69 Å². The van der Waals surface area contributed by atoms with Crippen LogP contribution in [0.2, 0.25) is 5.02 Å². The van der Waals surface area contributed by atoms with Gasteiger partial charge in [0.2, 0.25) is 10.0 Å². The SMILES string of the molecule is Cc1cc(C)cc(N(Cc2ccc(C(=O)NCc3ccc(Cl)cc3)cc2)S(C)(=O)=O)c1. The average Bonchev–Trinajstić information content (AvgIpc) is 2.70. The van der Waals surface area contributed by atoms with Crippen molar-refractivity contribution in [2.75, 3.05) is 10.6 Å². The fourth-order valence-corrected chi connectivity index (χ4v) is 4.31. The average molecular weight is 457 g/mol. The van der Waals surface area contributed by atoms with Crippen LogP contribution in [-0.2, 0) is 23.1 Å². The molecule has 31 heavy (non-hydrogen) atoms. The van der Waals surface area contributed by atoms with Gasteiger partial charge in [0, 0.05) is 17.1 Å². The molecule has 0 heterocycles. The van der Waals surface area contributed by atoms with Crippen molar-refractivity contribution in [2.24, 2.45) is 0 Å². The van der Waals surface area contributed by atoms with Crippen molar-refractivity contribution < 1.29 is 13.2 Å². The Hall–Kier alpha value is -2.83. The van der Waals surface area contributed by atoms with E-state index in [2.05, 4.69) is 5.32 Å². The molecule has 1 N–H and O–H groups in total. The summed E-state index contributed by atoms with van der Waals surface area (Å²) in [4.78, 5) is 12.4. The number of nitrogens with one attached hydrogen (secondary N) is 1. The van der Waals surface area contributed by atoms with E-state index < -0.39 is 10.0 Å². The number of benzene rings is 3. The van der Waals surface area contributed by atoms with Crippen LogP contribution in [0.3, 0.4) is 0 Å². The third-order valence-corrected chi connectivity index (χ3v) is 6.20. The van der Waals surface area contributed by atoms with Gasteiger partial charge in [-0.25, -0.2) is 8.42 Å². The third kappa shape index (κ3) is 6.32.